The van der Waals surface area contributed by atoms with E-state index in [1.54, 1.807) is 0 Å². The summed E-state index contributed by atoms with van der Waals surface area (Å²) in [6.07, 6.45) is 1.12. The molecule has 0 unspecified atom stereocenters. The van der Waals surface area contributed by atoms with Crippen LogP contribution < -0.4 is 0 Å². The standard InChI is InChI=1S/C21H22ClFN2O2/c22-18-3-1-2-16(14-18)4-9-21(27)25-12-10-24(11-13-25)15-20(26)17-5-7-19(23)8-6-17/h1-3,5-8,14H,4,9-13,15H2. The Balaban J connectivity index is 1.43. The number of hydrogen-bond donors (Lipinski definition) is 0. The number of halogens is 2. The molecule has 0 saturated carbocycles. The lowest BCUT2D eigenvalue weighted by Crippen LogP contribution is -2.49. The van der Waals surface area contributed by atoms with Gasteiger partial charge in [-0.2, -0.15) is 0 Å². The Hall–Kier alpha value is -2.24. The van der Waals surface area contributed by atoms with E-state index >= 15 is 0 Å². The number of hydrogen-bond acceptors (Lipinski definition) is 3. The fourth-order valence-electron chi connectivity index (χ4n) is 3.19. The van der Waals surface area contributed by atoms with Crippen LogP contribution in [-0.4, -0.2) is 54.2 Å². The summed E-state index contributed by atoms with van der Waals surface area (Å²) in [5.41, 5.74) is 1.57. The summed E-state index contributed by atoms with van der Waals surface area (Å²) in [4.78, 5) is 28.6. The summed E-state index contributed by atoms with van der Waals surface area (Å²) in [6.45, 7) is 2.85. The summed E-state index contributed by atoms with van der Waals surface area (Å²) in [5.74, 6) is -0.258. The number of nitrogens with zero attached hydrogens (tertiary/aromatic N) is 2. The van der Waals surface area contributed by atoms with Crippen molar-refractivity contribution in [3.8, 4) is 0 Å². The first-order chi connectivity index (χ1) is 13.0. The van der Waals surface area contributed by atoms with Gasteiger partial charge in [-0.1, -0.05) is 23.7 Å². The van der Waals surface area contributed by atoms with Crippen LogP contribution in [-0.2, 0) is 11.2 Å². The number of benzene rings is 2. The first-order valence-corrected chi connectivity index (χ1v) is 9.42. The molecule has 0 spiro atoms. The quantitative estimate of drug-likeness (QED) is 0.712. The van der Waals surface area contributed by atoms with E-state index in [0.29, 0.717) is 49.6 Å². The van der Waals surface area contributed by atoms with Gasteiger partial charge in [0, 0.05) is 43.2 Å². The molecule has 2 aromatic rings. The zero-order valence-corrected chi connectivity index (χ0v) is 15.8. The van der Waals surface area contributed by atoms with Crippen molar-refractivity contribution in [1.29, 1.82) is 0 Å². The van der Waals surface area contributed by atoms with Gasteiger partial charge in [0.1, 0.15) is 5.82 Å². The van der Waals surface area contributed by atoms with Crippen LogP contribution in [0.4, 0.5) is 4.39 Å². The van der Waals surface area contributed by atoms with Crippen molar-refractivity contribution in [1.82, 2.24) is 9.80 Å². The van der Waals surface area contributed by atoms with E-state index in [2.05, 4.69) is 0 Å². The Morgan fingerprint density at radius 3 is 2.37 bits per heavy atom. The molecule has 0 radical (unpaired) electrons. The Morgan fingerprint density at radius 1 is 1.00 bits per heavy atom. The lowest BCUT2D eigenvalue weighted by Gasteiger charge is -2.34. The zero-order chi connectivity index (χ0) is 19.2. The van der Waals surface area contributed by atoms with Gasteiger partial charge < -0.3 is 4.90 Å². The molecule has 1 saturated heterocycles. The third kappa shape index (κ3) is 5.62. The highest BCUT2D eigenvalue weighted by Crippen LogP contribution is 2.14. The van der Waals surface area contributed by atoms with E-state index in [4.69, 9.17) is 11.6 Å². The van der Waals surface area contributed by atoms with Crippen molar-refractivity contribution in [2.24, 2.45) is 0 Å². The van der Waals surface area contributed by atoms with Gasteiger partial charge in [0.2, 0.25) is 5.91 Å². The van der Waals surface area contributed by atoms with Gasteiger partial charge in [0.25, 0.3) is 0 Å². The van der Waals surface area contributed by atoms with Crippen molar-refractivity contribution < 1.29 is 14.0 Å². The van der Waals surface area contributed by atoms with Crippen molar-refractivity contribution in [3.05, 3.63) is 70.5 Å². The molecular formula is C21H22ClFN2O2. The predicted molar refractivity (Wildman–Crippen MR) is 104 cm³/mol. The van der Waals surface area contributed by atoms with Crippen LogP contribution >= 0.6 is 11.6 Å². The molecule has 0 atom stereocenters. The Morgan fingerprint density at radius 2 is 1.70 bits per heavy atom. The minimum Gasteiger partial charge on any atom is -0.340 e. The van der Waals surface area contributed by atoms with Crippen LogP contribution in [0, 0.1) is 5.82 Å². The highest BCUT2D eigenvalue weighted by atomic mass is 35.5. The Bertz CT molecular complexity index is 802. The maximum Gasteiger partial charge on any atom is 0.222 e. The molecule has 1 aliphatic rings. The smallest absolute Gasteiger partial charge is 0.222 e. The number of aryl methyl sites for hydroxylation is 1. The SMILES string of the molecule is O=C(CN1CCN(C(=O)CCc2cccc(Cl)c2)CC1)c1ccc(F)cc1. The average Bonchev–Trinajstić information content (AvgIpc) is 2.67. The molecule has 1 aliphatic heterocycles. The molecule has 3 rings (SSSR count). The molecule has 2 aromatic carbocycles. The zero-order valence-electron chi connectivity index (χ0n) is 15.0. The van der Waals surface area contributed by atoms with Gasteiger partial charge in [-0.05, 0) is 48.4 Å². The van der Waals surface area contributed by atoms with Crippen molar-refractivity contribution in [3.63, 3.8) is 0 Å². The van der Waals surface area contributed by atoms with Crippen LogP contribution in [0.3, 0.4) is 0 Å². The molecule has 0 N–H and O–H groups in total. The lowest BCUT2D eigenvalue weighted by molar-refractivity contribution is -0.132. The number of ketones is 1. The first kappa shape index (κ1) is 19.5. The van der Waals surface area contributed by atoms with E-state index in [1.165, 1.54) is 24.3 Å². The van der Waals surface area contributed by atoms with Crippen LogP contribution in [0.5, 0.6) is 0 Å². The molecule has 1 fully saturated rings. The molecule has 1 amide bonds. The maximum atomic E-state index is 13.0. The fourth-order valence-corrected chi connectivity index (χ4v) is 3.40. The number of piperazine rings is 1. The average molecular weight is 389 g/mol. The molecule has 27 heavy (non-hydrogen) atoms. The second-order valence-corrected chi connectivity index (χ2v) is 7.15. The monoisotopic (exact) mass is 388 g/mol. The van der Waals surface area contributed by atoms with E-state index in [1.807, 2.05) is 34.1 Å². The topological polar surface area (TPSA) is 40.6 Å². The van der Waals surface area contributed by atoms with Crippen LogP contribution in [0.1, 0.15) is 22.3 Å². The largest absolute Gasteiger partial charge is 0.340 e. The highest BCUT2D eigenvalue weighted by Gasteiger charge is 2.22. The molecule has 0 bridgehead atoms. The summed E-state index contributed by atoms with van der Waals surface area (Å²) in [7, 11) is 0. The van der Waals surface area contributed by atoms with Gasteiger partial charge in [-0.3, -0.25) is 14.5 Å². The lowest BCUT2D eigenvalue weighted by atomic mass is 10.1. The molecule has 142 valence electrons. The molecule has 6 heteroatoms. The van der Waals surface area contributed by atoms with E-state index in [0.717, 1.165) is 5.56 Å². The number of amides is 1. The molecular weight excluding hydrogens is 367 g/mol. The van der Waals surface area contributed by atoms with Gasteiger partial charge in [0.05, 0.1) is 6.54 Å². The third-order valence-electron chi connectivity index (χ3n) is 4.77. The fraction of sp³-hybridized carbons (Fsp3) is 0.333. The third-order valence-corrected chi connectivity index (χ3v) is 5.01. The van der Waals surface area contributed by atoms with Gasteiger partial charge >= 0.3 is 0 Å². The minimum atomic E-state index is -0.351. The Kier molecular flexibility index (Phi) is 6.58. The normalized spacial score (nSPS) is 15.0. The summed E-state index contributed by atoms with van der Waals surface area (Å²) >= 11 is 5.97. The number of carbonyl (C=O) groups excluding carboxylic acids is 2. The summed E-state index contributed by atoms with van der Waals surface area (Å²) in [5, 5.41) is 0.680. The highest BCUT2D eigenvalue weighted by molar-refractivity contribution is 6.30. The van der Waals surface area contributed by atoms with Crippen LogP contribution in [0.2, 0.25) is 5.02 Å². The number of rotatable bonds is 6. The minimum absolute atomic E-state index is 0.0317. The van der Waals surface area contributed by atoms with E-state index in [9.17, 15) is 14.0 Å². The Labute approximate surface area is 163 Å². The van der Waals surface area contributed by atoms with E-state index < -0.39 is 0 Å². The van der Waals surface area contributed by atoms with Crippen molar-refractivity contribution >= 4 is 23.3 Å². The molecule has 0 aliphatic carbocycles. The van der Waals surface area contributed by atoms with Crippen LogP contribution in [0.15, 0.2) is 48.5 Å². The van der Waals surface area contributed by atoms with E-state index in [-0.39, 0.29) is 24.1 Å². The first-order valence-electron chi connectivity index (χ1n) is 9.04. The van der Waals surface area contributed by atoms with Crippen LogP contribution in [0.25, 0.3) is 0 Å². The van der Waals surface area contributed by atoms with Gasteiger partial charge in [0.15, 0.2) is 5.78 Å². The second kappa shape index (κ2) is 9.11. The number of carbonyl (C=O) groups is 2. The second-order valence-electron chi connectivity index (χ2n) is 6.72. The summed E-state index contributed by atoms with van der Waals surface area (Å²) < 4.78 is 13.0. The van der Waals surface area contributed by atoms with Crippen molar-refractivity contribution in [2.75, 3.05) is 32.7 Å². The maximum absolute atomic E-state index is 13.0. The van der Waals surface area contributed by atoms with Gasteiger partial charge in [-0.15, -0.1) is 0 Å². The molecule has 4 nitrogen and oxygen atoms in total. The summed E-state index contributed by atoms with van der Waals surface area (Å²) in [6, 6.07) is 13.2. The molecule has 1 heterocycles. The molecule has 0 aromatic heterocycles. The van der Waals surface area contributed by atoms with Gasteiger partial charge in [-0.25, -0.2) is 4.39 Å². The predicted octanol–water partition coefficient (Wildman–Crippen LogP) is 3.44. The number of Topliss-reactive ketones (excluding diaryl/α,β-unsaturated/α-hetero) is 1. The van der Waals surface area contributed by atoms with Crippen molar-refractivity contribution in [2.45, 2.75) is 12.8 Å².